The molecule has 22 heavy (non-hydrogen) atoms. The van der Waals surface area contributed by atoms with Gasteiger partial charge < -0.3 is 5.11 Å². The van der Waals surface area contributed by atoms with E-state index in [2.05, 4.69) is 0 Å². The Morgan fingerprint density at radius 1 is 0.818 bits per heavy atom. The fourth-order valence-electron chi connectivity index (χ4n) is 4.47. The molecule has 1 N–H and O–H groups in total. The average Bonchev–Trinajstić information content (AvgIpc) is 2.55. The second-order valence-corrected chi connectivity index (χ2v) is 7.26. The molecule has 0 spiro atoms. The van der Waals surface area contributed by atoms with Crippen molar-refractivity contribution in [2.75, 3.05) is 0 Å². The molecule has 1 nitrogen and oxygen atoms in total. The summed E-state index contributed by atoms with van der Waals surface area (Å²) >= 11 is 0. The lowest BCUT2D eigenvalue weighted by Crippen LogP contribution is -2.18. The maximum Gasteiger partial charge on any atom is 0.200 e. The molecule has 2 aliphatic carbocycles. The van der Waals surface area contributed by atoms with Gasteiger partial charge in [-0.1, -0.05) is 38.2 Å². The second-order valence-electron chi connectivity index (χ2n) is 7.26. The molecule has 0 aromatic heterocycles. The highest BCUT2D eigenvalue weighted by Crippen LogP contribution is 2.41. The van der Waals surface area contributed by atoms with Gasteiger partial charge in [0.1, 0.15) is 0 Å². The van der Waals surface area contributed by atoms with Crippen molar-refractivity contribution in [1.29, 1.82) is 0 Å². The SMILES string of the molecule is Oc1ccc(C2CCC(CC3CCCCC3)CC2)c(F)c1F. The molecule has 3 heteroatoms. The van der Waals surface area contributed by atoms with Gasteiger partial charge >= 0.3 is 0 Å². The van der Waals surface area contributed by atoms with Gasteiger partial charge in [-0.2, -0.15) is 4.39 Å². The van der Waals surface area contributed by atoms with E-state index in [-0.39, 0.29) is 5.92 Å². The summed E-state index contributed by atoms with van der Waals surface area (Å²) in [6, 6.07) is 2.84. The lowest BCUT2D eigenvalue weighted by molar-refractivity contribution is 0.232. The van der Waals surface area contributed by atoms with Gasteiger partial charge in [-0.3, -0.25) is 0 Å². The quantitative estimate of drug-likeness (QED) is 0.735. The summed E-state index contributed by atoms with van der Waals surface area (Å²) in [6.45, 7) is 0. The molecule has 0 bridgehead atoms. The van der Waals surface area contributed by atoms with Crippen molar-refractivity contribution in [2.45, 2.75) is 70.1 Å². The van der Waals surface area contributed by atoms with Crippen LogP contribution in [0.25, 0.3) is 0 Å². The molecule has 0 radical (unpaired) electrons. The van der Waals surface area contributed by atoms with Gasteiger partial charge in [-0.05, 0) is 61.5 Å². The van der Waals surface area contributed by atoms with Gasteiger partial charge in [0.05, 0.1) is 0 Å². The standard InChI is InChI=1S/C19H26F2O/c20-18-16(10-11-17(22)19(18)21)15-8-6-14(7-9-15)12-13-4-2-1-3-5-13/h10-11,13-15,22H,1-9,12H2. The summed E-state index contributed by atoms with van der Waals surface area (Å²) in [4.78, 5) is 0. The molecular formula is C19H26F2O. The Kier molecular flexibility index (Phi) is 5.00. The summed E-state index contributed by atoms with van der Waals surface area (Å²) in [5.41, 5.74) is 0.450. The van der Waals surface area contributed by atoms with Crippen LogP contribution in [0.5, 0.6) is 5.75 Å². The fourth-order valence-corrected chi connectivity index (χ4v) is 4.47. The van der Waals surface area contributed by atoms with Crippen LogP contribution in [0.1, 0.15) is 75.7 Å². The molecule has 0 heterocycles. The molecule has 0 unspecified atom stereocenters. The first-order valence-electron chi connectivity index (χ1n) is 8.82. The number of hydrogen-bond donors (Lipinski definition) is 1. The van der Waals surface area contributed by atoms with Crippen LogP contribution in [0.2, 0.25) is 0 Å². The topological polar surface area (TPSA) is 20.2 Å². The van der Waals surface area contributed by atoms with Gasteiger partial charge in [-0.15, -0.1) is 0 Å². The van der Waals surface area contributed by atoms with Crippen molar-refractivity contribution in [1.82, 2.24) is 0 Å². The Morgan fingerprint density at radius 3 is 2.14 bits per heavy atom. The minimum atomic E-state index is -1.10. The molecule has 122 valence electrons. The number of benzene rings is 1. The van der Waals surface area contributed by atoms with Crippen LogP contribution in [0.4, 0.5) is 8.78 Å². The number of halogens is 2. The molecule has 0 saturated heterocycles. The van der Waals surface area contributed by atoms with Gasteiger partial charge in [0, 0.05) is 0 Å². The Labute approximate surface area is 131 Å². The van der Waals surface area contributed by atoms with E-state index in [1.165, 1.54) is 44.6 Å². The Balaban J connectivity index is 1.56. The van der Waals surface area contributed by atoms with E-state index in [1.54, 1.807) is 6.07 Å². The number of hydrogen-bond acceptors (Lipinski definition) is 1. The maximum atomic E-state index is 14.0. The van der Waals surface area contributed by atoms with E-state index in [0.29, 0.717) is 5.56 Å². The van der Waals surface area contributed by atoms with Crippen LogP contribution < -0.4 is 0 Å². The highest BCUT2D eigenvalue weighted by atomic mass is 19.2. The Bertz CT molecular complexity index is 500. The molecule has 1 aromatic rings. The van der Waals surface area contributed by atoms with Crippen molar-refractivity contribution < 1.29 is 13.9 Å². The first-order valence-corrected chi connectivity index (χ1v) is 8.82. The zero-order chi connectivity index (χ0) is 15.5. The first-order chi connectivity index (χ1) is 10.6. The predicted molar refractivity (Wildman–Crippen MR) is 83.9 cm³/mol. The molecule has 0 atom stereocenters. The second kappa shape index (κ2) is 6.97. The third-order valence-electron chi connectivity index (χ3n) is 5.77. The van der Waals surface area contributed by atoms with Crippen molar-refractivity contribution in [2.24, 2.45) is 11.8 Å². The minimum absolute atomic E-state index is 0.109. The maximum absolute atomic E-state index is 14.0. The van der Waals surface area contributed by atoms with Crippen LogP contribution in [0, 0.1) is 23.5 Å². The van der Waals surface area contributed by atoms with Crippen molar-refractivity contribution in [3.8, 4) is 5.75 Å². The third kappa shape index (κ3) is 3.44. The summed E-state index contributed by atoms with van der Waals surface area (Å²) in [7, 11) is 0. The summed E-state index contributed by atoms with van der Waals surface area (Å²) in [6.07, 6.45) is 12.4. The van der Waals surface area contributed by atoms with Crippen molar-refractivity contribution in [3.63, 3.8) is 0 Å². The molecule has 2 saturated carbocycles. The monoisotopic (exact) mass is 308 g/mol. The smallest absolute Gasteiger partial charge is 0.200 e. The average molecular weight is 308 g/mol. The summed E-state index contributed by atoms with van der Waals surface area (Å²) in [5, 5.41) is 9.23. The van der Waals surface area contributed by atoms with Crippen LogP contribution in [-0.4, -0.2) is 5.11 Å². The summed E-state index contributed by atoms with van der Waals surface area (Å²) < 4.78 is 27.5. The molecule has 2 aliphatic rings. The Morgan fingerprint density at radius 2 is 1.45 bits per heavy atom. The van der Waals surface area contributed by atoms with Crippen LogP contribution in [0.3, 0.4) is 0 Å². The highest BCUT2D eigenvalue weighted by molar-refractivity contribution is 5.32. The van der Waals surface area contributed by atoms with Gasteiger partial charge in [0.15, 0.2) is 11.6 Å². The lowest BCUT2D eigenvalue weighted by Gasteiger charge is -2.32. The van der Waals surface area contributed by atoms with E-state index >= 15 is 0 Å². The molecule has 2 fully saturated rings. The molecule has 1 aromatic carbocycles. The van der Waals surface area contributed by atoms with Gasteiger partial charge in [0.2, 0.25) is 5.82 Å². The first kappa shape index (κ1) is 15.8. The number of aromatic hydroxyl groups is 1. The van der Waals surface area contributed by atoms with Crippen LogP contribution in [-0.2, 0) is 0 Å². The number of phenols is 1. The van der Waals surface area contributed by atoms with Crippen LogP contribution in [0.15, 0.2) is 12.1 Å². The molecule has 0 aliphatic heterocycles. The van der Waals surface area contributed by atoms with Crippen molar-refractivity contribution >= 4 is 0 Å². The van der Waals surface area contributed by atoms with E-state index < -0.39 is 17.4 Å². The zero-order valence-corrected chi connectivity index (χ0v) is 13.2. The van der Waals surface area contributed by atoms with Gasteiger partial charge in [0.25, 0.3) is 0 Å². The fraction of sp³-hybridized carbons (Fsp3) is 0.684. The predicted octanol–water partition coefficient (Wildman–Crippen LogP) is 5.91. The van der Waals surface area contributed by atoms with E-state index in [0.717, 1.165) is 37.5 Å². The molecule has 3 rings (SSSR count). The zero-order valence-electron chi connectivity index (χ0n) is 13.2. The van der Waals surface area contributed by atoms with E-state index in [1.807, 2.05) is 0 Å². The highest BCUT2D eigenvalue weighted by Gasteiger charge is 2.28. The largest absolute Gasteiger partial charge is 0.505 e. The lowest BCUT2D eigenvalue weighted by atomic mass is 9.73. The Hall–Kier alpha value is -1.12. The van der Waals surface area contributed by atoms with E-state index in [9.17, 15) is 13.9 Å². The third-order valence-corrected chi connectivity index (χ3v) is 5.77. The summed E-state index contributed by atoms with van der Waals surface area (Å²) in [5.74, 6) is -0.759. The van der Waals surface area contributed by atoms with Gasteiger partial charge in [-0.25, -0.2) is 4.39 Å². The van der Waals surface area contributed by atoms with Crippen molar-refractivity contribution in [3.05, 3.63) is 29.3 Å². The number of rotatable bonds is 3. The molecule has 0 amide bonds. The van der Waals surface area contributed by atoms with E-state index in [4.69, 9.17) is 0 Å². The van der Waals surface area contributed by atoms with Crippen LogP contribution >= 0.6 is 0 Å². The minimum Gasteiger partial charge on any atom is -0.505 e. The number of phenolic OH excluding ortho intramolecular Hbond substituents is 1. The molecular weight excluding hydrogens is 282 g/mol. The normalized spacial score (nSPS) is 27.0.